The quantitative estimate of drug-likeness (QED) is 0.927. The van der Waals surface area contributed by atoms with Crippen LogP contribution in [0.25, 0.3) is 5.57 Å². The van der Waals surface area contributed by atoms with Crippen LogP contribution < -0.4 is 4.74 Å². The largest absolute Gasteiger partial charge is 0.488 e. The van der Waals surface area contributed by atoms with Crippen LogP contribution in [-0.4, -0.2) is 29.2 Å². The van der Waals surface area contributed by atoms with E-state index in [4.69, 9.17) is 9.84 Å². The second-order valence-corrected chi connectivity index (χ2v) is 5.48. The van der Waals surface area contributed by atoms with Gasteiger partial charge in [-0.05, 0) is 23.6 Å². The van der Waals surface area contributed by atoms with Crippen LogP contribution in [0.3, 0.4) is 0 Å². The fraction of sp³-hybridized carbons (Fsp3) is 0.211. The number of amides is 1. The van der Waals surface area contributed by atoms with Crippen molar-refractivity contribution in [3.63, 3.8) is 0 Å². The minimum Gasteiger partial charge on any atom is -0.488 e. The first-order valence-electron chi connectivity index (χ1n) is 7.67. The van der Waals surface area contributed by atoms with E-state index in [2.05, 4.69) is 0 Å². The molecule has 0 saturated heterocycles. The molecular formula is C19H19NO3. The third-order valence-electron chi connectivity index (χ3n) is 3.95. The molecule has 0 aromatic heterocycles. The van der Waals surface area contributed by atoms with E-state index in [9.17, 15) is 4.79 Å². The Morgan fingerprint density at radius 1 is 1.09 bits per heavy atom. The average Bonchev–Trinajstić information content (AvgIpc) is 2.61. The van der Waals surface area contributed by atoms with Gasteiger partial charge in [0.15, 0.2) is 0 Å². The minimum atomic E-state index is -0.867. The van der Waals surface area contributed by atoms with Crippen molar-refractivity contribution in [1.82, 2.24) is 4.90 Å². The van der Waals surface area contributed by atoms with Gasteiger partial charge in [-0.15, -0.1) is 0 Å². The standard InChI is InChI=1S/C19H19NO3/c21-19(22)20-12-10-16(11-13-20)17-8-4-5-9-18(17)23-14-15-6-2-1-3-7-15/h1-10H,11-14H2,(H,21,22). The number of carboxylic acid groups (broad SMARTS) is 1. The van der Waals surface area contributed by atoms with Crippen molar-refractivity contribution >= 4 is 11.7 Å². The Morgan fingerprint density at radius 3 is 2.52 bits per heavy atom. The molecule has 0 radical (unpaired) electrons. The monoisotopic (exact) mass is 309 g/mol. The third-order valence-corrected chi connectivity index (χ3v) is 3.95. The Balaban J connectivity index is 1.75. The molecule has 2 aromatic rings. The second kappa shape index (κ2) is 7.01. The summed E-state index contributed by atoms with van der Waals surface area (Å²) >= 11 is 0. The van der Waals surface area contributed by atoms with Gasteiger partial charge < -0.3 is 14.7 Å². The highest BCUT2D eigenvalue weighted by molar-refractivity contribution is 5.74. The maximum Gasteiger partial charge on any atom is 0.407 e. The van der Waals surface area contributed by atoms with Crippen molar-refractivity contribution in [2.75, 3.05) is 13.1 Å². The molecule has 4 nitrogen and oxygen atoms in total. The van der Waals surface area contributed by atoms with Crippen molar-refractivity contribution in [3.8, 4) is 5.75 Å². The predicted octanol–water partition coefficient (Wildman–Crippen LogP) is 4.03. The van der Waals surface area contributed by atoms with Gasteiger partial charge in [0.25, 0.3) is 0 Å². The van der Waals surface area contributed by atoms with Gasteiger partial charge in [-0.25, -0.2) is 4.79 Å². The molecule has 0 spiro atoms. The Bertz CT molecular complexity index is 710. The maximum atomic E-state index is 11.0. The van der Waals surface area contributed by atoms with Gasteiger partial charge >= 0.3 is 6.09 Å². The van der Waals surface area contributed by atoms with E-state index in [1.54, 1.807) is 0 Å². The molecule has 0 atom stereocenters. The van der Waals surface area contributed by atoms with Gasteiger partial charge in [0, 0.05) is 18.7 Å². The highest BCUT2D eigenvalue weighted by Gasteiger charge is 2.18. The van der Waals surface area contributed by atoms with E-state index >= 15 is 0 Å². The van der Waals surface area contributed by atoms with Crippen molar-refractivity contribution in [1.29, 1.82) is 0 Å². The van der Waals surface area contributed by atoms with E-state index in [0.29, 0.717) is 26.1 Å². The topological polar surface area (TPSA) is 49.8 Å². The number of hydrogen-bond acceptors (Lipinski definition) is 2. The number of benzene rings is 2. The van der Waals surface area contributed by atoms with Crippen LogP contribution in [0.15, 0.2) is 60.7 Å². The smallest absolute Gasteiger partial charge is 0.407 e. The summed E-state index contributed by atoms with van der Waals surface area (Å²) in [5, 5.41) is 9.03. The summed E-state index contributed by atoms with van der Waals surface area (Å²) in [6, 6.07) is 18.0. The molecule has 0 aliphatic carbocycles. The molecule has 2 aromatic carbocycles. The van der Waals surface area contributed by atoms with Crippen molar-refractivity contribution in [2.45, 2.75) is 13.0 Å². The molecule has 4 heteroatoms. The van der Waals surface area contributed by atoms with Crippen molar-refractivity contribution in [3.05, 3.63) is 71.8 Å². The summed E-state index contributed by atoms with van der Waals surface area (Å²) in [6.45, 7) is 1.47. The lowest BCUT2D eigenvalue weighted by atomic mass is 9.99. The summed E-state index contributed by atoms with van der Waals surface area (Å²) in [7, 11) is 0. The number of nitrogens with zero attached hydrogens (tertiary/aromatic N) is 1. The first-order valence-corrected chi connectivity index (χ1v) is 7.67. The zero-order valence-electron chi connectivity index (χ0n) is 12.8. The lowest BCUT2D eigenvalue weighted by Crippen LogP contribution is -2.33. The fourth-order valence-electron chi connectivity index (χ4n) is 2.68. The number of carbonyl (C=O) groups is 1. The summed E-state index contributed by atoms with van der Waals surface area (Å²) in [4.78, 5) is 12.4. The molecule has 0 saturated carbocycles. The van der Waals surface area contributed by atoms with E-state index in [-0.39, 0.29) is 0 Å². The molecule has 118 valence electrons. The second-order valence-electron chi connectivity index (χ2n) is 5.48. The van der Waals surface area contributed by atoms with Crippen LogP contribution in [0, 0.1) is 0 Å². The summed E-state index contributed by atoms with van der Waals surface area (Å²) < 4.78 is 5.98. The molecule has 1 aliphatic rings. The molecule has 1 heterocycles. The van der Waals surface area contributed by atoms with Gasteiger partial charge in [-0.1, -0.05) is 54.6 Å². The Morgan fingerprint density at radius 2 is 1.83 bits per heavy atom. The number of rotatable bonds is 4. The van der Waals surface area contributed by atoms with Gasteiger partial charge in [0.05, 0.1) is 0 Å². The highest BCUT2D eigenvalue weighted by Crippen LogP contribution is 2.30. The molecule has 1 amide bonds. The van der Waals surface area contributed by atoms with Crippen molar-refractivity contribution < 1.29 is 14.6 Å². The predicted molar refractivity (Wildman–Crippen MR) is 89.4 cm³/mol. The number of ether oxygens (including phenoxy) is 1. The first-order chi connectivity index (χ1) is 11.2. The zero-order valence-corrected chi connectivity index (χ0v) is 12.8. The highest BCUT2D eigenvalue weighted by atomic mass is 16.5. The van der Waals surface area contributed by atoms with Crippen LogP contribution >= 0.6 is 0 Å². The van der Waals surface area contributed by atoms with Crippen LogP contribution in [0.2, 0.25) is 0 Å². The van der Waals surface area contributed by atoms with E-state index in [1.165, 1.54) is 4.90 Å². The SMILES string of the molecule is O=C(O)N1CC=C(c2ccccc2OCc2ccccc2)CC1. The van der Waals surface area contributed by atoms with E-state index < -0.39 is 6.09 Å². The fourth-order valence-corrected chi connectivity index (χ4v) is 2.68. The first kappa shape index (κ1) is 15.2. The lowest BCUT2D eigenvalue weighted by Gasteiger charge is -2.24. The summed E-state index contributed by atoms with van der Waals surface area (Å²) in [5.74, 6) is 0.839. The van der Waals surface area contributed by atoms with Gasteiger partial charge in [0.1, 0.15) is 12.4 Å². The van der Waals surface area contributed by atoms with E-state index in [1.807, 2.05) is 60.7 Å². The third kappa shape index (κ3) is 3.72. The number of para-hydroxylation sites is 1. The van der Waals surface area contributed by atoms with Crippen LogP contribution in [0.1, 0.15) is 17.5 Å². The van der Waals surface area contributed by atoms with Gasteiger partial charge in [-0.2, -0.15) is 0 Å². The number of hydrogen-bond donors (Lipinski definition) is 1. The Labute approximate surface area is 135 Å². The maximum absolute atomic E-state index is 11.0. The Kier molecular flexibility index (Phi) is 4.62. The zero-order chi connectivity index (χ0) is 16.1. The minimum absolute atomic E-state index is 0.428. The van der Waals surface area contributed by atoms with Gasteiger partial charge in [0.2, 0.25) is 0 Å². The summed E-state index contributed by atoms with van der Waals surface area (Å²) in [6.07, 6.45) is 1.81. The van der Waals surface area contributed by atoms with Crippen LogP contribution in [0.4, 0.5) is 4.79 Å². The molecule has 3 rings (SSSR count). The summed E-state index contributed by atoms with van der Waals surface area (Å²) in [5.41, 5.74) is 3.32. The lowest BCUT2D eigenvalue weighted by molar-refractivity contribution is 0.150. The van der Waals surface area contributed by atoms with Crippen molar-refractivity contribution in [2.24, 2.45) is 0 Å². The van der Waals surface area contributed by atoms with E-state index in [0.717, 1.165) is 22.4 Å². The van der Waals surface area contributed by atoms with Crippen LogP contribution in [-0.2, 0) is 6.61 Å². The molecule has 23 heavy (non-hydrogen) atoms. The molecule has 0 unspecified atom stereocenters. The molecule has 1 N–H and O–H groups in total. The molecule has 0 fully saturated rings. The molecule has 1 aliphatic heterocycles. The normalized spacial score (nSPS) is 14.3. The average molecular weight is 309 g/mol. The van der Waals surface area contributed by atoms with Crippen LogP contribution in [0.5, 0.6) is 5.75 Å². The molecule has 0 bridgehead atoms. The Hall–Kier alpha value is -2.75. The molecular weight excluding hydrogens is 290 g/mol. The van der Waals surface area contributed by atoms with Gasteiger partial charge in [-0.3, -0.25) is 0 Å².